The van der Waals surface area contributed by atoms with Gasteiger partial charge in [0.25, 0.3) is 0 Å². The monoisotopic (exact) mass is 368 g/mol. The van der Waals surface area contributed by atoms with Gasteiger partial charge in [-0.3, -0.25) is 9.69 Å². The molecule has 0 radical (unpaired) electrons. The number of carbonyl (C=O) groups excluding carboxylic acids is 2. The topological polar surface area (TPSA) is 82.7 Å². The fourth-order valence-electron chi connectivity index (χ4n) is 3.10. The number of fused-ring (bicyclic) bond motifs is 1. The Kier molecular flexibility index (Phi) is 7.04. The Morgan fingerprint density at radius 2 is 2.24 bits per heavy atom. The van der Waals surface area contributed by atoms with E-state index in [1.807, 2.05) is 25.1 Å². The number of urea groups is 1. The summed E-state index contributed by atoms with van der Waals surface area (Å²) in [4.78, 5) is 26.0. The van der Waals surface area contributed by atoms with Crippen LogP contribution in [-0.2, 0) is 16.0 Å². The number of nitrogens with one attached hydrogen (secondary N) is 3. The summed E-state index contributed by atoms with van der Waals surface area (Å²) in [5, 5.41) is 9.00. The Morgan fingerprint density at radius 1 is 1.40 bits per heavy atom. The van der Waals surface area contributed by atoms with Crippen LogP contribution in [0.5, 0.6) is 0 Å². The van der Waals surface area contributed by atoms with Gasteiger partial charge in [-0.05, 0) is 31.0 Å². The maximum atomic E-state index is 12.2. The van der Waals surface area contributed by atoms with Gasteiger partial charge in [-0.15, -0.1) is 12.4 Å². The van der Waals surface area contributed by atoms with Crippen molar-refractivity contribution in [1.29, 1.82) is 0 Å². The number of nitrogens with zero attached hydrogens (tertiary/aromatic N) is 1. The number of carbonyl (C=O) groups is 2. The third-order valence-electron chi connectivity index (χ3n) is 4.27. The fourth-order valence-corrected chi connectivity index (χ4v) is 3.10. The van der Waals surface area contributed by atoms with Crippen LogP contribution >= 0.6 is 12.4 Å². The third-order valence-corrected chi connectivity index (χ3v) is 4.27. The van der Waals surface area contributed by atoms with E-state index in [2.05, 4.69) is 16.0 Å². The van der Waals surface area contributed by atoms with Crippen LogP contribution in [0.15, 0.2) is 18.2 Å². The van der Waals surface area contributed by atoms with Gasteiger partial charge in [-0.1, -0.05) is 6.07 Å². The van der Waals surface area contributed by atoms with E-state index in [1.54, 1.807) is 4.90 Å². The van der Waals surface area contributed by atoms with Crippen molar-refractivity contribution >= 4 is 35.7 Å². The number of benzene rings is 1. The number of ether oxygens (including phenoxy) is 1. The van der Waals surface area contributed by atoms with Crippen LogP contribution in [0.25, 0.3) is 0 Å². The molecule has 3 N–H and O–H groups in total. The van der Waals surface area contributed by atoms with E-state index >= 15 is 0 Å². The molecule has 8 heteroatoms. The van der Waals surface area contributed by atoms with Crippen molar-refractivity contribution in [2.24, 2.45) is 0 Å². The van der Waals surface area contributed by atoms with E-state index in [0.29, 0.717) is 38.4 Å². The van der Waals surface area contributed by atoms with Crippen molar-refractivity contribution in [1.82, 2.24) is 10.6 Å². The molecule has 0 bridgehead atoms. The van der Waals surface area contributed by atoms with Gasteiger partial charge < -0.3 is 20.7 Å². The Hall–Kier alpha value is -1.83. The number of rotatable bonds is 4. The Balaban J connectivity index is 0.00000225. The van der Waals surface area contributed by atoms with Gasteiger partial charge in [0.05, 0.1) is 18.9 Å². The van der Waals surface area contributed by atoms with E-state index in [0.717, 1.165) is 24.2 Å². The molecule has 1 atom stereocenters. The lowest BCUT2D eigenvalue weighted by molar-refractivity contribution is -0.117. The molecule has 7 nitrogen and oxygen atoms in total. The molecule has 1 aromatic rings. The summed E-state index contributed by atoms with van der Waals surface area (Å²) >= 11 is 0. The quantitative estimate of drug-likeness (QED) is 0.752. The molecule has 1 unspecified atom stereocenters. The molecule has 3 amide bonds. The van der Waals surface area contributed by atoms with Crippen LogP contribution in [0.1, 0.15) is 18.9 Å². The maximum Gasteiger partial charge on any atom is 0.321 e. The first-order valence-corrected chi connectivity index (χ1v) is 8.46. The molecule has 1 fully saturated rings. The van der Waals surface area contributed by atoms with Crippen molar-refractivity contribution in [3.63, 3.8) is 0 Å². The summed E-state index contributed by atoms with van der Waals surface area (Å²) in [6, 6.07) is 5.71. The fraction of sp³-hybridized carbons (Fsp3) is 0.529. The molecule has 0 spiro atoms. The summed E-state index contributed by atoms with van der Waals surface area (Å²) in [6.07, 6.45) is 1.21. The molecule has 2 aliphatic heterocycles. The smallest absolute Gasteiger partial charge is 0.321 e. The average molecular weight is 369 g/mol. The van der Waals surface area contributed by atoms with Gasteiger partial charge in [-0.25, -0.2) is 4.79 Å². The zero-order chi connectivity index (χ0) is 16.9. The second kappa shape index (κ2) is 9.03. The third kappa shape index (κ3) is 4.84. The minimum Gasteiger partial charge on any atom is -0.378 e. The van der Waals surface area contributed by atoms with Gasteiger partial charge in [0, 0.05) is 37.8 Å². The Morgan fingerprint density at radius 3 is 2.96 bits per heavy atom. The number of hydrogen-bond acceptors (Lipinski definition) is 4. The van der Waals surface area contributed by atoms with E-state index in [1.165, 1.54) is 0 Å². The first-order valence-electron chi connectivity index (χ1n) is 8.46. The van der Waals surface area contributed by atoms with Crippen LogP contribution in [0, 0.1) is 0 Å². The second-order valence-corrected chi connectivity index (χ2v) is 6.06. The number of amides is 3. The van der Waals surface area contributed by atoms with Gasteiger partial charge in [-0.2, -0.15) is 0 Å². The first-order chi connectivity index (χ1) is 11.7. The lowest BCUT2D eigenvalue weighted by Crippen LogP contribution is -2.43. The molecule has 0 saturated carbocycles. The van der Waals surface area contributed by atoms with Crippen LogP contribution in [0.2, 0.25) is 0 Å². The average Bonchev–Trinajstić information content (AvgIpc) is 2.99. The van der Waals surface area contributed by atoms with Crippen molar-refractivity contribution < 1.29 is 14.3 Å². The summed E-state index contributed by atoms with van der Waals surface area (Å²) in [5.74, 6) is -0.0551. The standard InChI is InChI=1S/C17H24N4O3.ClH/c1-2-18-17(23)21-7-5-12-3-4-13(9-15(12)21)20-16(22)10-14-11-24-8-6-19-14;/h3-4,9,14,19H,2,5-8,10-11H2,1H3,(H,18,23)(H,20,22);1H. The van der Waals surface area contributed by atoms with Crippen LogP contribution in [-0.4, -0.2) is 50.8 Å². The van der Waals surface area contributed by atoms with Gasteiger partial charge in [0.2, 0.25) is 5.91 Å². The normalized spacial score (nSPS) is 18.9. The highest BCUT2D eigenvalue weighted by molar-refractivity contribution is 5.96. The molecule has 1 saturated heterocycles. The van der Waals surface area contributed by atoms with Crippen molar-refractivity contribution in [2.75, 3.05) is 43.1 Å². The lowest BCUT2D eigenvalue weighted by atomic mass is 10.1. The van der Waals surface area contributed by atoms with Crippen LogP contribution in [0.4, 0.5) is 16.2 Å². The zero-order valence-electron chi connectivity index (χ0n) is 14.3. The van der Waals surface area contributed by atoms with Crippen molar-refractivity contribution in [2.45, 2.75) is 25.8 Å². The molecule has 138 valence electrons. The highest BCUT2D eigenvalue weighted by Gasteiger charge is 2.25. The minimum atomic E-state index is -0.0942. The van der Waals surface area contributed by atoms with E-state index in [9.17, 15) is 9.59 Å². The molecule has 3 rings (SSSR count). The number of morpholine rings is 1. The molecule has 25 heavy (non-hydrogen) atoms. The Bertz CT molecular complexity index is 620. The van der Waals surface area contributed by atoms with E-state index in [-0.39, 0.29) is 30.4 Å². The van der Waals surface area contributed by atoms with Crippen LogP contribution < -0.4 is 20.9 Å². The number of hydrogen-bond donors (Lipinski definition) is 3. The summed E-state index contributed by atoms with van der Waals surface area (Å²) in [7, 11) is 0. The van der Waals surface area contributed by atoms with Crippen molar-refractivity contribution in [3.8, 4) is 0 Å². The first kappa shape index (κ1) is 19.5. The zero-order valence-corrected chi connectivity index (χ0v) is 15.2. The molecule has 0 aromatic heterocycles. The SMILES string of the molecule is CCNC(=O)N1CCc2ccc(NC(=O)CC3COCCN3)cc21.Cl. The Labute approximate surface area is 153 Å². The highest BCUT2D eigenvalue weighted by Crippen LogP contribution is 2.31. The molecular weight excluding hydrogens is 344 g/mol. The number of halogens is 1. The second-order valence-electron chi connectivity index (χ2n) is 6.06. The van der Waals surface area contributed by atoms with Gasteiger partial charge >= 0.3 is 6.03 Å². The summed E-state index contributed by atoms with van der Waals surface area (Å²) in [5.41, 5.74) is 2.71. The summed E-state index contributed by atoms with van der Waals surface area (Å²) in [6.45, 7) is 5.19. The predicted octanol–water partition coefficient (Wildman–Crippen LogP) is 1.52. The molecule has 2 heterocycles. The molecule has 0 aliphatic carbocycles. The van der Waals surface area contributed by atoms with E-state index in [4.69, 9.17) is 4.74 Å². The highest BCUT2D eigenvalue weighted by atomic mass is 35.5. The van der Waals surface area contributed by atoms with Gasteiger partial charge in [0.1, 0.15) is 0 Å². The number of anilines is 2. The molecule has 2 aliphatic rings. The lowest BCUT2D eigenvalue weighted by Gasteiger charge is -2.23. The van der Waals surface area contributed by atoms with Crippen molar-refractivity contribution in [3.05, 3.63) is 23.8 Å². The molecular formula is C17H25ClN4O3. The minimum absolute atomic E-state index is 0. The largest absolute Gasteiger partial charge is 0.378 e. The van der Waals surface area contributed by atoms with Gasteiger partial charge in [0.15, 0.2) is 0 Å². The predicted molar refractivity (Wildman–Crippen MR) is 99.7 cm³/mol. The molecule has 1 aromatic carbocycles. The summed E-state index contributed by atoms with van der Waals surface area (Å²) < 4.78 is 5.36. The van der Waals surface area contributed by atoms with E-state index < -0.39 is 0 Å². The maximum absolute atomic E-state index is 12.2. The van der Waals surface area contributed by atoms with Crippen LogP contribution in [0.3, 0.4) is 0 Å².